The van der Waals surface area contributed by atoms with Gasteiger partial charge in [-0.15, -0.1) is 0 Å². The number of nitrogens with zero attached hydrogens (tertiary/aromatic N) is 5. The molecule has 188 valence electrons. The van der Waals surface area contributed by atoms with Crippen LogP contribution in [0.5, 0.6) is 0 Å². The molecule has 0 spiro atoms. The average molecular weight is 479 g/mol. The first-order chi connectivity index (χ1) is 16.8. The van der Waals surface area contributed by atoms with Gasteiger partial charge in [-0.05, 0) is 64.2 Å². The summed E-state index contributed by atoms with van der Waals surface area (Å²) in [6.45, 7) is 13.2. The Morgan fingerprint density at radius 2 is 1.71 bits per heavy atom. The quantitative estimate of drug-likeness (QED) is 0.729. The third kappa shape index (κ3) is 4.68. The summed E-state index contributed by atoms with van der Waals surface area (Å²) in [5.41, 5.74) is 6.56. The first kappa shape index (κ1) is 23.9. The van der Waals surface area contributed by atoms with Gasteiger partial charge in [-0.3, -0.25) is 14.3 Å². The molecule has 5 rings (SSSR count). The molecule has 35 heavy (non-hydrogen) atoms. The molecule has 2 saturated heterocycles. The number of hydrogen-bond acceptors (Lipinski definition) is 5. The van der Waals surface area contributed by atoms with Crippen molar-refractivity contribution in [1.29, 1.82) is 0 Å². The van der Waals surface area contributed by atoms with Gasteiger partial charge in [0.15, 0.2) is 5.69 Å². The van der Waals surface area contributed by atoms with Gasteiger partial charge in [-0.2, -0.15) is 5.10 Å². The van der Waals surface area contributed by atoms with E-state index in [1.54, 1.807) is 0 Å². The summed E-state index contributed by atoms with van der Waals surface area (Å²) in [5.74, 6) is 0.0999. The number of piperazine rings is 2. The van der Waals surface area contributed by atoms with Crippen molar-refractivity contribution >= 4 is 17.5 Å². The lowest BCUT2D eigenvalue weighted by molar-refractivity contribution is -0.132. The summed E-state index contributed by atoms with van der Waals surface area (Å²) < 4.78 is 1.82. The molecular formula is C27H38N6O2. The van der Waals surface area contributed by atoms with Crippen molar-refractivity contribution in [2.24, 2.45) is 0 Å². The van der Waals surface area contributed by atoms with Crippen LogP contribution in [0.1, 0.15) is 53.1 Å². The van der Waals surface area contributed by atoms with Crippen LogP contribution < -0.4 is 10.2 Å². The van der Waals surface area contributed by atoms with E-state index < -0.39 is 0 Å². The summed E-state index contributed by atoms with van der Waals surface area (Å²) in [5, 5.41) is 8.20. The molecule has 0 unspecified atom stereocenters. The van der Waals surface area contributed by atoms with Gasteiger partial charge in [0.1, 0.15) is 6.54 Å². The summed E-state index contributed by atoms with van der Waals surface area (Å²) >= 11 is 0. The van der Waals surface area contributed by atoms with E-state index in [1.165, 1.54) is 16.8 Å². The molecule has 2 aliphatic heterocycles. The SMILES string of the molecule is Cc1cccc(N2CCN(C(=O)Cn3nc(C(=O)N4C[C@@H](C)N[C@@H](C)C4)c4c3CCC4)CC2)c1C. The maximum Gasteiger partial charge on any atom is 0.274 e. The smallest absolute Gasteiger partial charge is 0.274 e. The first-order valence-corrected chi connectivity index (χ1v) is 13.0. The highest BCUT2D eigenvalue weighted by Crippen LogP contribution is 2.28. The minimum atomic E-state index is 0.0108. The molecule has 8 nitrogen and oxygen atoms in total. The van der Waals surface area contributed by atoms with Gasteiger partial charge < -0.3 is 20.0 Å². The Morgan fingerprint density at radius 3 is 2.43 bits per heavy atom. The number of carbonyl (C=O) groups is 2. The van der Waals surface area contributed by atoms with Gasteiger partial charge in [0.2, 0.25) is 5.91 Å². The number of carbonyl (C=O) groups excluding carboxylic acids is 2. The Balaban J connectivity index is 1.26. The lowest BCUT2D eigenvalue weighted by Gasteiger charge is -2.37. The molecule has 2 atom stereocenters. The van der Waals surface area contributed by atoms with E-state index >= 15 is 0 Å². The largest absolute Gasteiger partial charge is 0.368 e. The second kappa shape index (κ2) is 9.64. The van der Waals surface area contributed by atoms with Crippen LogP contribution >= 0.6 is 0 Å². The number of aryl methyl sites for hydroxylation is 1. The molecule has 0 saturated carbocycles. The van der Waals surface area contributed by atoms with Gasteiger partial charge >= 0.3 is 0 Å². The number of hydrogen-bond donors (Lipinski definition) is 1. The molecule has 0 radical (unpaired) electrons. The molecule has 2 fully saturated rings. The van der Waals surface area contributed by atoms with Gasteiger partial charge in [-0.1, -0.05) is 12.1 Å². The lowest BCUT2D eigenvalue weighted by atomic mass is 10.1. The summed E-state index contributed by atoms with van der Waals surface area (Å²) in [7, 11) is 0. The Labute approximate surface area is 208 Å². The Hall–Kier alpha value is -2.87. The summed E-state index contributed by atoms with van der Waals surface area (Å²) in [6.07, 6.45) is 2.78. The Kier molecular flexibility index (Phi) is 6.57. The molecule has 3 aliphatic rings. The van der Waals surface area contributed by atoms with Crippen LogP contribution in [0.15, 0.2) is 18.2 Å². The zero-order chi connectivity index (χ0) is 24.7. The summed E-state index contributed by atoms with van der Waals surface area (Å²) in [6, 6.07) is 6.95. The van der Waals surface area contributed by atoms with Crippen LogP contribution in [0.3, 0.4) is 0 Å². The van der Waals surface area contributed by atoms with E-state index in [0.717, 1.165) is 43.6 Å². The third-order valence-electron chi connectivity index (χ3n) is 7.89. The van der Waals surface area contributed by atoms with Gasteiger partial charge in [0, 0.05) is 68.3 Å². The van der Waals surface area contributed by atoms with Crippen LogP contribution in [0.25, 0.3) is 0 Å². The zero-order valence-corrected chi connectivity index (χ0v) is 21.5. The van der Waals surface area contributed by atoms with Crippen molar-refractivity contribution < 1.29 is 9.59 Å². The standard InChI is InChI=1S/C27H38N6O2/c1-18-7-5-9-23(21(18)4)30-11-13-31(14-12-30)25(34)17-33-24-10-6-8-22(24)26(29-33)27(35)32-15-19(2)28-20(3)16-32/h5,7,9,19-20,28H,6,8,10-17H2,1-4H3/t19-,20+. The van der Waals surface area contributed by atoms with Crippen LogP contribution in [0, 0.1) is 13.8 Å². The van der Waals surface area contributed by atoms with Crippen molar-refractivity contribution in [2.75, 3.05) is 44.2 Å². The van der Waals surface area contributed by atoms with Crippen molar-refractivity contribution in [3.63, 3.8) is 0 Å². The monoisotopic (exact) mass is 478 g/mol. The minimum absolute atomic E-state index is 0.0108. The van der Waals surface area contributed by atoms with Gasteiger partial charge in [-0.25, -0.2) is 0 Å². The van der Waals surface area contributed by atoms with Crippen molar-refractivity contribution in [2.45, 2.75) is 65.6 Å². The Morgan fingerprint density at radius 1 is 1.00 bits per heavy atom. The Bertz CT molecular complexity index is 1110. The van der Waals surface area contributed by atoms with E-state index in [9.17, 15) is 9.59 Å². The number of aromatic nitrogens is 2. The molecule has 3 heterocycles. The van der Waals surface area contributed by atoms with E-state index in [0.29, 0.717) is 31.9 Å². The minimum Gasteiger partial charge on any atom is -0.368 e. The van der Waals surface area contributed by atoms with E-state index in [-0.39, 0.29) is 30.4 Å². The molecule has 1 aromatic carbocycles. The van der Waals surface area contributed by atoms with E-state index in [4.69, 9.17) is 5.10 Å². The van der Waals surface area contributed by atoms with Crippen molar-refractivity contribution in [3.8, 4) is 0 Å². The van der Waals surface area contributed by atoms with E-state index in [1.807, 2.05) is 14.5 Å². The van der Waals surface area contributed by atoms with Crippen LogP contribution in [0.2, 0.25) is 0 Å². The first-order valence-electron chi connectivity index (χ1n) is 13.0. The highest BCUT2D eigenvalue weighted by Gasteiger charge is 2.33. The van der Waals surface area contributed by atoms with Crippen molar-refractivity contribution in [1.82, 2.24) is 24.9 Å². The van der Waals surface area contributed by atoms with Gasteiger partial charge in [0.05, 0.1) is 0 Å². The van der Waals surface area contributed by atoms with Crippen molar-refractivity contribution in [3.05, 3.63) is 46.3 Å². The van der Waals surface area contributed by atoms with E-state index in [2.05, 4.69) is 56.1 Å². The number of anilines is 1. The molecule has 2 amide bonds. The number of nitrogens with one attached hydrogen (secondary N) is 1. The number of benzene rings is 1. The fourth-order valence-corrected chi connectivity index (χ4v) is 5.96. The predicted molar refractivity (Wildman–Crippen MR) is 137 cm³/mol. The number of amides is 2. The van der Waals surface area contributed by atoms with Crippen LogP contribution in [-0.4, -0.2) is 82.7 Å². The highest BCUT2D eigenvalue weighted by molar-refractivity contribution is 5.94. The molecule has 2 aromatic rings. The normalized spacial score (nSPS) is 22.5. The highest BCUT2D eigenvalue weighted by atomic mass is 16.2. The van der Waals surface area contributed by atoms with Gasteiger partial charge in [0.25, 0.3) is 5.91 Å². The molecule has 8 heteroatoms. The number of fused-ring (bicyclic) bond motifs is 1. The molecule has 1 aromatic heterocycles. The topological polar surface area (TPSA) is 73.7 Å². The molecule has 1 aliphatic carbocycles. The third-order valence-corrected chi connectivity index (χ3v) is 7.89. The fourth-order valence-electron chi connectivity index (χ4n) is 5.96. The zero-order valence-electron chi connectivity index (χ0n) is 21.5. The second-order valence-corrected chi connectivity index (χ2v) is 10.6. The summed E-state index contributed by atoms with van der Waals surface area (Å²) in [4.78, 5) is 32.9. The fraction of sp³-hybridized carbons (Fsp3) is 0.593. The lowest BCUT2D eigenvalue weighted by Crippen LogP contribution is -2.56. The number of rotatable bonds is 4. The molecule has 1 N–H and O–H groups in total. The van der Waals surface area contributed by atoms with Crippen LogP contribution in [0.4, 0.5) is 5.69 Å². The maximum absolute atomic E-state index is 13.4. The van der Waals surface area contributed by atoms with Crippen LogP contribution in [-0.2, 0) is 24.2 Å². The maximum atomic E-state index is 13.4. The predicted octanol–water partition coefficient (Wildman–Crippen LogP) is 2.16. The molecule has 0 bridgehead atoms. The second-order valence-electron chi connectivity index (χ2n) is 10.6. The molecular weight excluding hydrogens is 440 g/mol. The average Bonchev–Trinajstić information content (AvgIpc) is 3.44.